The van der Waals surface area contributed by atoms with Gasteiger partial charge < -0.3 is 9.80 Å². The molecule has 1 saturated heterocycles. The zero-order valence-corrected chi connectivity index (χ0v) is 9.54. The summed E-state index contributed by atoms with van der Waals surface area (Å²) in [6, 6.07) is 0. The number of likely N-dealkylation sites (N-methyl/N-ethyl adjacent to an activating group) is 1. The van der Waals surface area contributed by atoms with Crippen molar-refractivity contribution in [3.63, 3.8) is 0 Å². The average molecular weight is 238 g/mol. The summed E-state index contributed by atoms with van der Waals surface area (Å²) >= 11 is 0. The molecule has 0 bridgehead atoms. The number of rotatable bonds is 1. The normalized spacial score (nSPS) is 16.9. The van der Waals surface area contributed by atoms with E-state index in [0.717, 1.165) is 13.1 Å². The van der Waals surface area contributed by atoms with Crippen LogP contribution in [0.3, 0.4) is 0 Å². The Morgan fingerprint density at radius 3 is 2.29 bits per heavy atom. The second kappa shape index (κ2) is 4.91. The molecular formula is C9H14N6O2. The van der Waals surface area contributed by atoms with Crippen molar-refractivity contribution >= 4 is 11.8 Å². The monoisotopic (exact) mass is 238 g/mol. The lowest BCUT2D eigenvalue weighted by Crippen LogP contribution is -2.51. The Morgan fingerprint density at radius 1 is 1.12 bits per heavy atom. The lowest BCUT2D eigenvalue weighted by molar-refractivity contribution is -0.144. The van der Waals surface area contributed by atoms with E-state index >= 15 is 0 Å². The average Bonchev–Trinajstić information content (AvgIpc) is 2.82. The number of nitrogens with one attached hydrogen (secondary N) is 1. The van der Waals surface area contributed by atoms with Crippen LogP contribution in [0.25, 0.3) is 0 Å². The zero-order chi connectivity index (χ0) is 12.3. The zero-order valence-electron chi connectivity index (χ0n) is 9.54. The number of carbonyl (C=O) groups excluding carboxylic acids is 2. The maximum Gasteiger partial charge on any atom is 0.328 e. The van der Waals surface area contributed by atoms with Crippen molar-refractivity contribution in [3.05, 3.63) is 12.7 Å². The fraction of sp³-hybridized carbons (Fsp3) is 0.556. The van der Waals surface area contributed by atoms with Gasteiger partial charge in [-0.2, -0.15) is 0 Å². The third-order valence-corrected chi connectivity index (χ3v) is 2.63. The van der Waals surface area contributed by atoms with Crippen molar-refractivity contribution in [2.24, 2.45) is 0 Å². The quantitative estimate of drug-likeness (QED) is 0.579. The summed E-state index contributed by atoms with van der Waals surface area (Å²) in [5.41, 5.74) is 2.38. The van der Waals surface area contributed by atoms with Gasteiger partial charge in [0.25, 0.3) is 0 Å². The highest BCUT2D eigenvalue weighted by Gasteiger charge is 2.24. The topological polar surface area (TPSA) is 83.4 Å². The number of hydrogen-bond donors (Lipinski definition) is 1. The van der Waals surface area contributed by atoms with E-state index in [4.69, 9.17) is 0 Å². The van der Waals surface area contributed by atoms with Crippen LogP contribution < -0.4 is 5.43 Å². The van der Waals surface area contributed by atoms with E-state index in [2.05, 4.69) is 20.5 Å². The van der Waals surface area contributed by atoms with Crippen LogP contribution in [0.15, 0.2) is 12.7 Å². The molecule has 92 valence electrons. The second-order valence-electron chi connectivity index (χ2n) is 3.91. The number of amides is 2. The lowest BCUT2D eigenvalue weighted by Gasteiger charge is -2.31. The van der Waals surface area contributed by atoms with Gasteiger partial charge in [0.1, 0.15) is 12.7 Å². The Bertz CT molecular complexity index is 396. The van der Waals surface area contributed by atoms with Gasteiger partial charge in [-0.15, -0.1) is 10.2 Å². The number of aromatic nitrogens is 3. The minimum Gasteiger partial charge on any atom is -0.332 e. The van der Waals surface area contributed by atoms with E-state index in [1.165, 1.54) is 17.3 Å². The van der Waals surface area contributed by atoms with Crippen molar-refractivity contribution in [2.75, 3.05) is 38.7 Å². The van der Waals surface area contributed by atoms with Crippen LogP contribution >= 0.6 is 0 Å². The molecule has 1 fully saturated rings. The first-order valence-electron chi connectivity index (χ1n) is 5.30. The smallest absolute Gasteiger partial charge is 0.328 e. The van der Waals surface area contributed by atoms with Crippen LogP contribution in [0.1, 0.15) is 0 Å². The second-order valence-corrected chi connectivity index (χ2v) is 3.91. The van der Waals surface area contributed by atoms with Crippen LogP contribution in [-0.4, -0.2) is 69.7 Å². The molecule has 0 unspecified atom stereocenters. The third kappa shape index (κ3) is 2.78. The van der Waals surface area contributed by atoms with Crippen LogP contribution in [0, 0.1) is 0 Å². The van der Waals surface area contributed by atoms with Crippen molar-refractivity contribution in [1.29, 1.82) is 0 Å². The molecule has 0 atom stereocenters. The van der Waals surface area contributed by atoms with E-state index in [0.29, 0.717) is 13.1 Å². The van der Waals surface area contributed by atoms with E-state index < -0.39 is 11.8 Å². The lowest BCUT2D eigenvalue weighted by atomic mass is 10.3. The highest BCUT2D eigenvalue weighted by molar-refractivity contribution is 6.38. The molecule has 1 aliphatic rings. The maximum absolute atomic E-state index is 11.8. The van der Waals surface area contributed by atoms with E-state index in [1.54, 1.807) is 4.90 Å². The van der Waals surface area contributed by atoms with Crippen molar-refractivity contribution in [3.8, 4) is 0 Å². The van der Waals surface area contributed by atoms with Crippen LogP contribution in [0.4, 0.5) is 0 Å². The van der Waals surface area contributed by atoms with Crippen molar-refractivity contribution in [1.82, 2.24) is 24.7 Å². The first-order valence-corrected chi connectivity index (χ1v) is 5.30. The van der Waals surface area contributed by atoms with Gasteiger partial charge in [0.2, 0.25) is 0 Å². The molecule has 8 nitrogen and oxygen atoms in total. The van der Waals surface area contributed by atoms with Gasteiger partial charge in [-0.25, -0.2) is 4.68 Å². The van der Waals surface area contributed by atoms with E-state index in [-0.39, 0.29) is 0 Å². The highest BCUT2D eigenvalue weighted by atomic mass is 16.2. The highest BCUT2D eigenvalue weighted by Crippen LogP contribution is 1.99. The molecule has 0 radical (unpaired) electrons. The molecule has 0 aromatic carbocycles. The SMILES string of the molecule is CN1CCN(C(=O)C(=O)Nn2cnnc2)CC1. The van der Waals surface area contributed by atoms with Crippen LogP contribution in [-0.2, 0) is 9.59 Å². The Balaban J connectivity index is 1.89. The molecule has 17 heavy (non-hydrogen) atoms. The Labute approximate surface area is 98.2 Å². The standard InChI is InChI=1S/C9H14N6O2/c1-13-2-4-14(5-3-13)9(17)8(16)12-15-6-10-11-7-15/h6-7H,2-5H2,1H3,(H,12,16). The molecule has 0 saturated carbocycles. The largest absolute Gasteiger partial charge is 0.332 e. The molecule has 2 rings (SSSR count). The van der Waals surface area contributed by atoms with Crippen molar-refractivity contribution in [2.45, 2.75) is 0 Å². The molecule has 0 spiro atoms. The van der Waals surface area contributed by atoms with Gasteiger partial charge in [0, 0.05) is 26.2 Å². The number of carbonyl (C=O) groups is 2. The first kappa shape index (κ1) is 11.5. The van der Waals surface area contributed by atoms with Crippen LogP contribution in [0.5, 0.6) is 0 Å². The summed E-state index contributed by atoms with van der Waals surface area (Å²) in [4.78, 5) is 27.0. The number of piperazine rings is 1. The Hall–Kier alpha value is -1.96. The molecule has 2 amide bonds. The molecule has 8 heteroatoms. The fourth-order valence-corrected chi connectivity index (χ4v) is 1.58. The van der Waals surface area contributed by atoms with Gasteiger partial charge in [0.05, 0.1) is 0 Å². The van der Waals surface area contributed by atoms with Gasteiger partial charge in [-0.05, 0) is 7.05 Å². The number of nitrogens with zero attached hydrogens (tertiary/aromatic N) is 5. The van der Waals surface area contributed by atoms with E-state index in [9.17, 15) is 9.59 Å². The summed E-state index contributed by atoms with van der Waals surface area (Å²) in [6.07, 6.45) is 2.63. The predicted octanol–water partition coefficient (Wildman–Crippen LogP) is -1.88. The first-order chi connectivity index (χ1) is 8.16. The summed E-state index contributed by atoms with van der Waals surface area (Å²) in [7, 11) is 1.99. The fourth-order valence-electron chi connectivity index (χ4n) is 1.58. The summed E-state index contributed by atoms with van der Waals surface area (Å²) in [6.45, 7) is 2.72. The molecule has 2 heterocycles. The van der Waals surface area contributed by atoms with Crippen LogP contribution in [0.2, 0.25) is 0 Å². The van der Waals surface area contributed by atoms with Gasteiger partial charge >= 0.3 is 11.8 Å². The number of hydrogen-bond acceptors (Lipinski definition) is 5. The third-order valence-electron chi connectivity index (χ3n) is 2.63. The van der Waals surface area contributed by atoms with Crippen molar-refractivity contribution < 1.29 is 9.59 Å². The summed E-state index contributed by atoms with van der Waals surface area (Å²) in [5, 5.41) is 7.05. The predicted molar refractivity (Wildman–Crippen MR) is 58.5 cm³/mol. The molecular weight excluding hydrogens is 224 g/mol. The minimum atomic E-state index is -0.672. The maximum atomic E-state index is 11.8. The Kier molecular flexibility index (Phi) is 3.33. The van der Waals surface area contributed by atoms with Gasteiger partial charge in [-0.1, -0.05) is 0 Å². The summed E-state index contributed by atoms with van der Waals surface area (Å²) < 4.78 is 1.25. The summed E-state index contributed by atoms with van der Waals surface area (Å²) in [5.74, 6) is -1.19. The molecule has 1 N–H and O–H groups in total. The molecule has 1 aliphatic heterocycles. The molecule has 0 aliphatic carbocycles. The van der Waals surface area contributed by atoms with Gasteiger partial charge in [0.15, 0.2) is 0 Å². The molecule has 1 aromatic rings. The Morgan fingerprint density at radius 2 is 1.71 bits per heavy atom. The van der Waals surface area contributed by atoms with Gasteiger partial charge in [-0.3, -0.25) is 15.0 Å². The minimum absolute atomic E-state index is 0.521. The molecule has 1 aromatic heterocycles. The van der Waals surface area contributed by atoms with E-state index in [1.807, 2.05) is 7.05 Å².